The van der Waals surface area contributed by atoms with E-state index in [2.05, 4.69) is 10.6 Å². The molecule has 0 fully saturated rings. The van der Waals surface area contributed by atoms with E-state index in [1.165, 1.54) is 0 Å². The zero-order valence-electron chi connectivity index (χ0n) is 9.44. The highest BCUT2D eigenvalue weighted by Crippen LogP contribution is 2.29. The monoisotopic (exact) mass is 236 g/mol. The third-order valence-electron chi connectivity index (χ3n) is 2.79. The second kappa shape index (κ2) is 5.16. The first kappa shape index (κ1) is 11.9. The van der Waals surface area contributed by atoms with Crippen LogP contribution in [0, 0.1) is 0 Å². The first-order chi connectivity index (χ1) is 8.20. The van der Waals surface area contributed by atoms with E-state index in [4.69, 9.17) is 5.11 Å². The number of rotatable bonds is 4. The smallest absolute Gasteiger partial charge is 0.224 e. The summed E-state index contributed by atoms with van der Waals surface area (Å²) in [7, 11) is 0. The average Bonchev–Trinajstić information content (AvgIpc) is 2.35. The molecule has 1 heterocycles. The number of benzene rings is 1. The molecule has 0 saturated heterocycles. The van der Waals surface area contributed by atoms with Gasteiger partial charge in [-0.3, -0.25) is 4.79 Å². The van der Waals surface area contributed by atoms with Gasteiger partial charge in [0.25, 0.3) is 0 Å². The number of hydrogen-bond acceptors (Lipinski definition) is 4. The van der Waals surface area contributed by atoms with Crippen LogP contribution in [0.5, 0.6) is 0 Å². The van der Waals surface area contributed by atoms with E-state index in [1.54, 1.807) is 0 Å². The zero-order valence-corrected chi connectivity index (χ0v) is 9.44. The number of aliphatic hydroxyl groups excluding tert-OH is 2. The van der Waals surface area contributed by atoms with Gasteiger partial charge in [-0.1, -0.05) is 6.07 Å². The van der Waals surface area contributed by atoms with Crippen LogP contribution in [0.1, 0.15) is 12.0 Å². The lowest BCUT2D eigenvalue weighted by Gasteiger charge is -2.21. The van der Waals surface area contributed by atoms with E-state index in [-0.39, 0.29) is 12.5 Å². The van der Waals surface area contributed by atoms with Crippen LogP contribution < -0.4 is 10.6 Å². The second-order valence-corrected chi connectivity index (χ2v) is 4.10. The lowest BCUT2D eigenvalue weighted by atomic mass is 10.0. The fourth-order valence-corrected chi connectivity index (χ4v) is 1.88. The Labute approximate surface area is 99.5 Å². The summed E-state index contributed by atoms with van der Waals surface area (Å²) in [5.74, 6) is 0.0324. The number of fused-ring (bicyclic) bond motifs is 1. The maximum absolute atomic E-state index is 11.2. The molecular formula is C12H16N2O3. The highest BCUT2D eigenvalue weighted by molar-refractivity contribution is 5.95. The Morgan fingerprint density at radius 3 is 3.00 bits per heavy atom. The standard InChI is InChI=1S/C12H16N2O3/c15-7-8(16)6-13-10-2-1-3-11-9(10)4-5-12(17)14-11/h1-3,8,13,15-16H,4-7H2,(H,14,17). The Kier molecular flexibility index (Phi) is 3.61. The lowest BCUT2D eigenvalue weighted by molar-refractivity contribution is -0.116. The van der Waals surface area contributed by atoms with Crippen molar-refractivity contribution in [3.8, 4) is 0 Å². The Bertz CT molecular complexity index is 420. The average molecular weight is 236 g/mol. The van der Waals surface area contributed by atoms with Gasteiger partial charge in [0.2, 0.25) is 5.91 Å². The molecule has 0 aliphatic carbocycles. The highest BCUT2D eigenvalue weighted by Gasteiger charge is 2.17. The fourth-order valence-electron chi connectivity index (χ4n) is 1.88. The molecule has 1 aromatic carbocycles. The molecule has 0 aromatic heterocycles. The Hall–Kier alpha value is -1.59. The van der Waals surface area contributed by atoms with Crippen molar-refractivity contribution in [2.24, 2.45) is 0 Å². The molecule has 0 saturated carbocycles. The molecule has 1 aliphatic rings. The number of aliphatic hydroxyl groups is 2. The van der Waals surface area contributed by atoms with Crippen molar-refractivity contribution < 1.29 is 15.0 Å². The van der Waals surface area contributed by atoms with Gasteiger partial charge >= 0.3 is 0 Å². The van der Waals surface area contributed by atoms with E-state index in [0.717, 1.165) is 16.9 Å². The molecule has 1 amide bonds. The number of anilines is 2. The van der Waals surface area contributed by atoms with Crippen LogP contribution in [0.15, 0.2) is 18.2 Å². The van der Waals surface area contributed by atoms with Gasteiger partial charge in [-0.15, -0.1) is 0 Å². The van der Waals surface area contributed by atoms with Crippen molar-refractivity contribution >= 4 is 17.3 Å². The molecule has 1 atom stereocenters. The summed E-state index contributed by atoms with van der Waals surface area (Å²) >= 11 is 0. The van der Waals surface area contributed by atoms with Gasteiger partial charge in [0.05, 0.1) is 12.7 Å². The lowest BCUT2D eigenvalue weighted by Crippen LogP contribution is -2.25. The molecule has 0 spiro atoms. The number of nitrogens with one attached hydrogen (secondary N) is 2. The third kappa shape index (κ3) is 2.75. The molecular weight excluding hydrogens is 220 g/mol. The van der Waals surface area contributed by atoms with Crippen LogP contribution >= 0.6 is 0 Å². The Morgan fingerprint density at radius 2 is 2.24 bits per heavy atom. The van der Waals surface area contributed by atoms with Crippen molar-refractivity contribution in [3.05, 3.63) is 23.8 Å². The number of amides is 1. The molecule has 2 rings (SSSR count). The normalized spacial score (nSPS) is 16.0. The molecule has 17 heavy (non-hydrogen) atoms. The number of carbonyl (C=O) groups is 1. The van der Waals surface area contributed by atoms with Gasteiger partial charge in [0, 0.05) is 24.3 Å². The van der Waals surface area contributed by atoms with E-state index in [0.29, 0.717) is 19.4 Å². The number of carbonyl (C=O) groups excluding carboxylic acids is 1. The molecule has 1 unspecified atom stereocenters. The third-order valence-corrected chi connectivity index (χ3v) is 2.79. The van der Waals surface area contributed by atoms with Gasteiger partial charge in [0.1, 0.15) is 0 Å². The van der Waals surface area contributed by atoms with Crippen LogP contribution in [-0.2, 0) is 11.2 Å². The molecule has 1 aromatic rings. The summed E-state index contributed by atoms with van der Waals surface area (Å²) < 4.78 is 0. The summed E-state index contributed by atoms with van der Waals surface area (Å²) in [5, 5.41) is 23.9. The van der Waals surface area contributed by atoms with Crippen LogP contribution in [0.4, 0.5) is 11.4 Å². The van der Waals surface area contributed by atoms with Gasteiger partial charge in [0.15, 0.2) is 0 Å². The topological polar surface area (TPSA) is 81.6 Å². The number of hydrogen-bond donors (Lipinski definition) is 4. The molecule has 1 aliphatic heterocycles. The minimum atomic E-state index is -0.774. The summed E-state index contributed by atoms with van der Waals surface area (Å²) in [4.78, 5) is 11.2. The quantitative estimate of drug-likeness (QED) is 0.607. The predicted molar refractivity (Wildman–Crippen MR) is 65.0 cm³/mol. The van der Waals surface area contributed by atoms with E-state index in [9.17, 15) is 9.90 Å². The molecule has 0 radical (unpaired) electrons. The SMILES string of the molecule is O=C1CCc2c(NCC(O)CO)cccc2N1. The first-order valence-corrected chi connectivity index (χ1v) is 5.65. The van der Waals surface area contributed by atoms with Gasteiger partial charge in [-0.05, 0) is 24.1 Å². The van der Waals surface area contributed by atoms with Crippen molar-refractivity contribution in [2.45, 2.75) is 18.9 Å². The van der Waals surface area contributed by atoms with E-state index < -0.39 is 6.10 Å². The summed E-state index contributed by atoms with van der Waals surface area (Å²) in [6.45, 7) is 0.0274. The summed E-state index contributed by atoms with van der Waals surface area (Å²) in [6, 6.07) is 5.61. The predicted octanol–water partition coefficient (Wildman–Crippen LogP) is 0.336. The zero-order chi connectivity index (χ0) is 12.3. The van der Waals surface area contributed by atoms with Crippen molar-refractivity contribution in [3.63, 3.8) is 0 Å². The van der Waals surface area contributed by atoms with Crippen molar-refractivity contribution in [2.75, 3.05) is 23.8 Å². The molecule has 4 N–H and O–H groups in total. The van der Waals surface area contributed by atoms with Crippen molar-refractivity contribution in [1.82, 2.24) is 0 Å². The maximum atomic E-state index is 11.2. The van der Waals surface area contributed by atoms with E-state index in [1.807, 2.05) is 18.2 Å². The van der Waals surface area contributed by atoms with E-state index >= 15 is 0 Å². The van der Waals surface area contributed by atoms with Crippen LogP contribution in [0.25, 0.3) is 0 Å². The summed E-state index contributed by atoms with van der Waals surface area (Å²) in [5.41, 5.74) is 2.77. The fraction of sp³-hybridized carbons (Fsp3) is 0.417. The van der Waals surface area contributed by atoms with Gasteiger partial charge in [-0.25, -0.2) is 0 Å². The minimum Gasteiger partial charge on any atom is -0.394 e. The minimum absolute atomic E-state index is 0.0324. The molecule has 0 bridgehead atoms. The molecule has 5 nitrogen and oxygen atoms in total. The summed E-state index contributed by atoms with van der Waals surface area (Å²) in [6.07, 6.45) is 0.400. The van der Waals surface area contributed by atoms with Gasteiger partial charge in [-0.2, -0.15) is 0 Å². The molecule has 5 heteroatoms. The Morgan fingerprint density at radius 1 is 1.41 bits per heavy atom. The maximum Gasteiger partial charge on any atom is 0.224 e. The van der Waals surface area contributed by atoms with Crippen molar-refractivity contribution in [1.29, 1.82) is 0 Å². The largest absolute Gasteiger partial charge is 0.394 e. The second-order valence-electron chi connectivity index (χ2n) is 4.10. The van der Waals surface area contributed by atoms with Gasteiger partial charge < -0.3 is 20.8 Å². The van der Waals surface area contributed by atoms with Crippen LogP contribution in [-0.4, -0.2) is 35.4 Å². The highest BCUT2D eigenvalue weighted by atomic mass is 16.3. The first-order valence-electron chi connectivity index (χ1n) is 5.65. The Balaban J connectivity index is 2.13. The van der Waals surface area contributed by atoms with Crippen LogP contribution in [0.3, 0.4) is 0 Å². The van der Waals surface area contributed by atoms with Crippen LogP contribution in [0.2, 0.25) is 0 Å². The molecule has 92 valence electrons.